The van der Waals surface area contributed by atoms with Crippen LogP contribution in [0, 0.1) is 0 Å². The monoisotopic (exact) mass is 283 g/mol. The Morgan fingerprint density at radius 1 is 1.53 bits per heavy atom. The Balaban J connectivity index is 2.55. The molecule has 0 fully saturated rings. The number of pyridine rings is 1. The van der Waals surface area contributed by atoms with Gasteiger partial charge in [-0.2, -0.15) is 0 Å². The molecule has 1 amide bonds. The van der Waals surface area contributed by atoms with Gasteiger partial charge in [0, 0.05) is 32.5 Å². The molecule has 0 aliphatic rings. The van der Waals surface area contributed by atoms with Gasteiger partial charge in [0.2, 0.25) is 0 Å². The van der Waals surface area contributed by atoms with E-state index in [-0.39, 0.29) is 17.0 Å². The summed E-state index contributed by atoms with van der Waals surface area (Å²) in [5.41, 5.74) is 6.37. The van der Waals surface area contributed by atoms with E-state index in [4.69, 9.17) is 27.4 Å². The van der Waals surface area contributed by atoms with Crippen LogP contribution in [0.1, 0.15) is 16.1 Å². The SMILES string of the molecule is COCC(CNC(=O)c1ccc(C(N)=S)cn1)OC. The Labute approximate surface area is 117 Å². The third-order valence-corrected chi connectivity index (χ3v) is 2.69. The van der Waals surface area contributed by atoms with E-state index in [2.05, 4.69) is 10.3 Å². The van der Waals surface area contributed by atoms with E-state index in [1.165, 1.54) is 6.20 Å². The van der Waals surface area contributed by atoms with Gasteiger partial charge < -0.3 is 20.5 Å². The Bertz CT molecular complexity index is 436. The molecule has 1 unspecified atom stereocenters. The number of nitrogens with zero attached hydrogens (tertiary/aromatic N) is 1. The minimum Gasteiger partial charge on any atom is -0.389 e. The van der Waals surface area contributed by atoms with Crippen molar-refractivity contribution >= 4 is 23.1 Å². The first-order valence-electron chi connectivity index (χ1n) is 5.64. The van der Waals surface area contributed by atoms with E-state index in [1.807, 2.05) is 0 Å². The van der Waals surface area contributed by atoms with E-state index in [0.29, 0.717) is 24.4 Å². The predicted octanol–water partition coefficient (Wildman–Crippen LogP) is 0.107. The standard InChI is InChI=1S/C12H17N3O3S/c1-17-7-9(18-2)6-15-12(16)10-4-3-8(5-14-10)11(13)19/h3-5,9H,6-7H2,1-2H3,(H2,13,19)(H,15,16). The minimum absolute atomic E-state index is 0.190. The molecule has 0 bridgehead atoms. The smallest absolute Gasteiger partial charge is 0.269 e. The molecule has 0 aliphatic carbocycles. The lowest BCUT2D eigenvalue weighted by Crippen LogP contribution is -2.36. The highest BCUT2D eigenvalue weighted by atomic mass is 32.1. The van der Waals surface area contributed by atoms with Crippen molar-refractivity contribution < 1.29 is 14.3 Å². The van der Waals surface area contributed by atoms with Gasteiger partial charge in [0.05, 0.1) is 12.7 Å². The Kier molecular flexibility index (Phi) is 6.34. The number of rotatable bonds is 7. The number of carbonyl (C=O) groups is 1. The summed E-state index contributed by atoms with van der Waals surface area (Å²) in [5, 5.41) is 2.71. The van der Waals surface area contributed by atoms with Gasteiger partial charge in [-0.25, -0.2) is 0 Å². The number of nitrogens with two attached hydrogens (primary N) is 1. The molecule has 1 heterocycles. The van der Waals surface area contributed by atoms with Crippen LogP contribution >= 0.6 is 12.2 Å². The fourth-order valence-corrected chi connectivity index (χ4v) is 1.49. The van der Waals surface area contributed by atoms with Crippen LogP contribution < -0.4 is 11.1 Å². The van der Waals surface area contributed by atoms with E-state index < -0.39 is 0 Å². The summed E-state index contributed by atoms with van der Waals surface area (Å²) >= 11 is 4.81. The van der Waals surface area contributed by atoms with E-state index in [9.17, 15) is 4.79 Å². The molecule has 104 valence electrons. The summed E-state index contributed by atoms with van der Waals surface area (Å²) in [6.07, 6.45) is 1.28. The third-order valence-electron chi connectivity index (χ3n) is 2.46. The lowest BCUT2D eigenvalue weighted by atomic mass is 10.2. The van der Waals surface area contributed by atoms with E-state index in [0.717, 1.165) is 0 Å². The number of amides is 1. The summed E-state index contributed by atoms with van der Waals surface area (Å²) in [4.78, 5) is 16.1. The van der Waals surface area contributed by atoms with Crippen LogP contribution in [0.4, 0.5) is 0 Å². The highest BCUT2D eigenvalue weighted by Crippen LogP contribution is 2.00. The van der Waals surface area contributed by atoms with Crippen molar-refractivity contribution in [3.05, 3.63) is 29.6 Å². The largest absolute Gasteiger partial charge is 0.389 e. The zero-order valence-corrected chi connectivity index (χ0v) is 11.7. The first-order chi connectivity index (χ1) is 9.08. The highest BCUT2D eigenvalue weighted by molar-refractivity contribution is 7.80. The second kappa shape index (κ2) is 7.78. The quantitative estimate of drug-likeness (QED) is 0.691. The number of hydrogen-bond donors (Lipinski definition) is 2. The number of nitrogens with one attached hydrogen (secondary N) is 1. The molecule has 0 saturated heterocycles. The van der Waals surface area contributed by atoms with Crippen LogP contribution in [0.25, 0.3) is 0 Å². The summed E-state index contributed by atoms with van der Waals surface area (Å²) in [6, 6.07) is 3.23. The Morgan fingerprint density at radius 3 is 2.74 bits per heavy atom. The summed E-state index contributed by atoms with van der Waals surface area (Å²) < 4.78 is 10.1. The van der Waals surface area contributed by atoms with Crippen molar-refractivity contribution in [2.45, 2.75) is 6.10 Å². The van der Waals surface area contributed by atoms with Crippen LogP contribution in [-0.2, 0) is 9.47 Å². The van der Waals surface area contributed by atoms with Gasteiger partial charge in [0.1, 0.15) is 10.7 Å². The first-order valence-corrected chi connectivity index (χ1v) is 6.05. The first kappa shape index (κ1) is 15.5. The van der Waals surface area contributed by atoms with Crippen molar-refractivity contribution in [2.24, 2.45) is 5.73 Å². The van der Waals surface area contributed by atoms with E-state index in [1.54, 1.807) is 26.4 Å². The average Bonchev–Trinajstić information content (AvgIpc) is 2.43. The van der Waals surface area contributed by atoms with Gasteiger partial charge in [0.25, 0.3) is 5.91 Å². The van der Waals surface area contributed by atoms with E-state index >= 15 is 0 Å². The Morgan fingerprint density at radius 2 is 2.26 bits per heavy atom. The van der Waals surface area contributed by atoms with Crippen molar-refractivity contribution in [3.63, 3.8) is 0 Å². The molecule has 0 aromatic carbocycles. The minimum atomic E-state index is -0.285. The van der Waals surface area contributed by atoms with Gasteiger partial charge in [0.15, 0.2) is 0 Å². The molecule has 1 atom stereocenters. The van der Waals surface area contributed by atoms with Crippen LogP contribution in [0.3, 0.4) is 0 Å². The van der Waals surface area contributed by atoms with Gasteiger partial charge in [-0.1, -0.05) is 12.2 Å². The molecule has 1 rings (SSSR count). The molecule has 0 aliphatic heterocycles. The third kappa shape index (κ3) is 4.90. The number of ether oxygens (including phenoxy) is 2. The average molecular weight is 283 g/mol. The van der Waals surface area contributed by atoms with Crippen LogP contribution in [0.15, 0.2) is 18.3 Å². The second-order valence-electron chi connectivity index (χ2n) is 3.82. The number of aromatic nitrogens is 1. The van der Waals surface area contributed by atoms with Crippen molar-refractivity contribution in [3.8, 4) is 0 Å². The molecule has 1 aromatic rings. The summed E-state index contributed by atoms with van der Waals surface area (Å²) in [5.74, 6) is -0.285. The maximum atomic E-state index is 11.8. The molecule has 0 radical (unpaired) electrons. The molecule has 1 aromatic heterocycles. The maximum absolute atomic E-state index is 11.8. The number of methoxy groups -OCH3 is 2. The molecular formula is C12H17N3O3S. The fourth-order valence-electron chi connectivity index (χ4n) is 1.37. The van der Waals surface area contributed by atoms with Gasteiger partial charge in [-0.05, 0) is 12.1 Å². The van der Waals surface area contributed by atoms with Crippen molar-refractivity contribution in [1.82, 2.24) is 10.3 Å². The lowest BCUT2D eigenvalue weighted by molar-refractivity contribution is 0.0285. The maximum Gasteiger partial charge on any atom is 0.269 e. The normalized spacial score (nSPS) is 11.9. The van der Waals surface area contributed by atoms with Gasteiger partial charge in [-0.15, -0.1) is 0 Å². The lowest BCUT2D eigenvalue weighted by Gasteiger charge is -2.14. The van der Waals surface area contributed by atoms with Crippen LogP contribution in [-0.4, -0.2) is 49.4 Å². The molecular weight excluding hydrogens is 266 g/mol. The Hall–Kier alpha value is -1.57. The van der Waals surface area contributed by atoms with Crippen molar-refractivity contribution in [2.75, 3.05) is 27.4 Å². The number of thiocarbonyl (C=S) groups is 1. The summed E-state index contributed by atoms with van der Waals surface area (Å²) in [7, 11) is 3.13. The van der Waals surface area contributed by atoms with Crippen molar-refractivity contribution in [1.29, 1.82) is 0 Å². The van der Waals surface area contributed by atoms with Crippen LogP contribution in [0.5, 0.6) is 0 Å². The highest BCUT2D eigenvalue weighted by Gasteiger charge is 2.11. The predicted molar refractivity (Wildman–Crippen MR) is 75.1 cm³/mol. The molecule has 3 N–H and O–H groups in total. The second-order valence-corrected chi connectivity index (χ2v) is 4.26. The number of hydrogen-bond acceptors (Lipinski definition) is 5. The molecule has 0 saturated carbocycles. The molecule has 19 heavy (non-hydrogen) atoms. The molecule has 7 heteroatoms. The zero-order chi connectivity index (χ0) is 14.3. The van der Waals surface area contributed by atoms with Gasteiger partial charge >= 0.3 is 0 Å². The van der Waals surface area contributed by atoms with Crippen LogP contribution in [0.2, 0.25) is 0 Å². The number of carbonyl (C=O) groups excluding carboxylic acids is 1. The molecule has 6 nitrogen and oxygen atoms in total. The topological polar surface area (TPSA) is 86.5 Å². The zero-order valence-electron chi connectivity index (χ0n) is 10.9. The molecule has 0 spiro atoms. The van der Waals surface area contributed by atoms with Gasteiger partial charge in [-0.3, -0.25) is 9.78 Å². The summed E-state index contributed by atoms with van der Waals surface area (Å²) in [6.45, 7) is 0.756. The fraction of sp³-hybridized carbons (Fsp3) is 0.417.